The van der Waals surface area contributed by atoms with E-state index in [0.29, 0.717) is 16.3 Å². The molecule has 0 spiro atoms. The van der Waals surface area contributed by atoms with E-state index in [1.165, 1.54) is 18.9 Å². The minimum absolute atomic E-state index is 0.197. The number of rotatable bonds is 5. The molecular formula is C15H14BrFN2O. The SMILES string of the molecule is Fc1cc(Br)ccc1Oc1cncc(CNC2CC2)c1. The molecule has 2 aromatic rings. The van der Waals surface area contributed by atoms with Gasteiger partial charge in [-0.15, -0.1) is 0 Å². The molecule has 104 valence electrons. The average Bonchev–Trinajstić information content (AvgIpc) is 3.24. The summed E-state index contributed by atoms with van der Waals surface area (Å²) in [6.45, 7) is 0.762. The summed E-state index contributed by atoms with van der Waals surface area (Å²) in [6.07, 6.45) is 5.86. The van der Waals surface area contributed by atoms with Gasteiger partial charge in [-0.05, 0) is 42.7 Å². The predicted molar refractivity (Wildman–Crippen MR) is 78.3 cm³/mol. The molecule has 0 bridgehead atoms. The van der Waals surface area contributed by atoms with Gasteiger partial charge in [0.1, 0.15) is 5.75 Å². The largest absolute Gasteiger partial charge is 0.453 e. The zero-order chi connectivity index (χ0) is 13.9. The quantitative estimate of drug-likeness (QED) is 0.895. The van der Waals surface area contributed by atoms with Gasteiger partial charge in [-0.3, -0.25) is 4.98 Å². The standard InChI is InChI=1S/C15H14BrFN2O/c16-11-1-4-15(14(17)6-11)20-13-5-10(7-18-9-13)8-19-12-2-3-12/h1,4-7,9,12,19H,2-3,8H2. The molecule has 0 aliphatic heterocycles. The Morgan fingerprint density at radius 3 is 2.90 bits per heavy atom. The first-order chi connectivity index (χ1) is 9.70. The highest BCUT2D eigenvalue weighted by atomic mass is 79.9. The lowest BCUT2D eigenvalue weighted by Crippen LogP contribution is -2.15. The van der Waals surface area contributed by atoms with Gasteiger partial charge in [-0.1, -0.05) is 15.9 Å². The van der Waals surface area contributed by atoms with Crippen LogP contribution in [-0.4, -0.2) is 11.0 Å². The fourth-order valence-electron chi connectivity index (χ4n) is 1.85. The van der Waals surface area contributed by atoms with Gasteiger partial charge in [0.15, 0.2) is 11.6 Å². The molecule has 0 unspecified atom stereocenters. The smallest absolute Gasteiger partial charge is 0.166 e. The number of nitrogens with zero attached hydrogens (tertiary/aromatic N) is 1. The molecule has 0 radical (unpaired) electrons. The molecule has 5 heteroatoms. The third-order valence-corrected chi connectivity index (χ3v) is 3.56. The van der Waals surface area contributed by atoms with E-state index in [2.05, 4.69) is 26.2 Å². The number of hydrogen-bond acceptors (Lipinski definition) is 3. The number of ether oxygens (including phenoxy) is 1. The van der Waals surface area contributed by atoms with Crippen molar-refractivity contribution in [3.63, 3.8) is 0 Å². The van der Waals surface area contributed by atoms with Crippen LogP contribution in [0.5, 0.6) is 11.5 Å². The first-order valence-electron chi connectivity index (χ1n) is 6.51. The van der Waals surface area contributed by atoms with E-state index in [1.54, 1.807) is 24.5 Å². The van der Waals surface area contributed by atoms with Gasteiger partial charge in [0.2, 0.25) is 0 Å². The second-order valence-electron chi connectivity index (χ2n) is 4.86. The molecule has 1 aliphatic rings. The highest BCUT2D eigenvalue weighted by molar-refractivity contribution is 9.10. The summed E-state index contributed by atoms with van der Waals surface area (Å²) < 4.78 is 19.9. The topological polar surface area (TPSA) is 34.1 Å². The summed E-state index contributed by atoms with van der Waals surface area (Å²) in [5, 5.41) is 3.41. The van der Waals surface area contributed by atoms with Crippen LogP contribution in [0.4, 0.5) is 4.39 Å². The van der Waals surface area contributed by atoms with Crippen molar-refractivity contribution in [3.8, 4) is 11.5 Å². The Kier molecular flexibility index (Phi) is 3.98. The monoisotopic (exact) mass is 336 g/mol. The first kappa shape index (κ1) is 13.5. The zero-order valence-corrected chi connectivity index (χ0v) is 12.4. The van der Waals surface area contributed by atoms with Crippen LogP contribution in [0, 0.1) is 5.82 Å². The van der Waals surface area contributed by atoms with Crippen LogP contribution >= 0.6 is 15.9 Å². The number of pyridine rings is 1. The van der Waals surface area contributed by atoms with Crippen molar-refractivity contribution < 1.29 is 9.13 Å². The number of hydrogen-bond donors (Lipinski definition) is 1. The Morgan fingerprint density at radius 2 is 2.15 bits per heavy atom. The minimum atomic E-state index is -0.402. The van der Waals surface area contributed by atoms with Crippen molar-refractivity contribution in [2.75, 3.05) is 0 Å². The van der Waals surface area contributed by atoms with E-state index in [-0.39, 0.29) is 5.75 Å². The van der Waals surface area contributed by atoms with Gasteiger partial charge >= 0.3 is 0 Å². The summed E-state index contributed by atoms with van der Waals surface area (Å²) in [4.78, 5) is 4.13. The lowest BCUT2D eigenvalue weighted by atomic mass is 10.2. The normalized spacial score (nSPS) is 14.3. The predicted octanol–water partition coefficient (Wildman–Crippen LogP) is 4.03. The van der Waals surface area contributed by atoms with Gasteiger partial charge in [0, 0.05) is 23.3 Å². The Balaban J connectivity index is 1.70. The molecule has 3 nitrogen and oxygen atoms in total. The maximum atomic E-state index is 13.7. The summed E-state index contributed by atoms with van der Waals surface area (Å²) in [6, 6.07) is 7.23. The van der Waals surface area contributed by atoms with Crippen LogP contribution in [0.25, 0.3) is 0 Å². The maximum absolute atomic E-state index is 13.7. The number of nitrogens with one attached hydrogen (secondary N) is 1. The maximum Gasteiger partial charge on any atom is 0.166 e. The summed E-state index contributed by atoms with van der Waals surface area (Å²) in [7, 11) is 0. The zero-order valence-electron chi connectivity index (χ0n) is 10.8. The highest BCUT2D eigenvalue weighted by Gasteiger charge is 2.20. The molecule has 3 rings (SSSR count). The van der Waals surface area contributed by atoms with E-state index in [0.717, 1.165) is 12.1 Å². The molecule has 1 aliphatic carbocycles. The van der Waals surface area contributed by atoms with Crippen molar-refractivity contribution in [1.82, 2.24) is 10.3 Å². The van der Waals surface area contributed by atoms with Crippen molar-refractivity contribution in [1.29, 1.82) is 0 Å². The Hall–Kier alpha value is -1.46. The summed E-state index contributed by atoms with van der Waals surface area (Å²) in [5.41, 5.74) is 1.03. The Bertz CT molecular complexity index is 617. The van der Waals surface area contributed by atoms with Crippen LogP contribution in [0.3, 0.4) is 0 Å². The molecule has 20 heavy (non-hydrogen) atoms. The van der Waals surface area contributed by atoms with Gasteiger partial charge in [0.05, 0.1) is 6.20 Å². The van der Waals surface area contributed by atoms with E-state index < -0.39 is 5.82 Å². The van der Waals surface area contributed by atoms with Gasteiger partial charge in [-0.25, -0.2) is 4.39 Å². The first-order valence-corrected chi connectivity index (χ1v) is 7.30. The highest BCUT2D eigenvalue weighted by Crippen LogP contribution is 2.27. The third-order valence-electron chi connectivity index (χ3n) is 3.06. The van der Waals surface area contributed by atoms with Crippen molar-refractivity contribution in [3.05, 3.63) is 52.5 Å². The minimum Gasteiger partial charge on any atom is -0.453 e. The van der Waals surface area contributed by atoms with Crippen LogP contribution in [0.15, 0.2) is 41.1 Å². The second kappa shape index (κ2) is 5.89. The van der Waals surface area contributed by atoms with Crippen LogP contribution in [-0.2, 0) is 6.54 Å². The molecular weight excluding hydrogens is 323 g/mol. The molecule has 1 saturated carbocycles. The van der Waals surface area contributed by atoms with Crippen LogP contribution in [0.1, 0.15) is 18.4 Å². The number of aromatic nitrogens is 1. The average molecular weight is 337 g/mol. The van der Waals surface area contributed by atoms with E-state index in [1.807, 2.05) is 6.07 Å². The lowest BCUT2D eigenvalue weighted by Gasteiger charge is -2.08. The molecule has 1 heterocycles. The molecule has 1 aromatic heterocycles. The number of benzene rings is 1. The van der Waals surface area contributed by atoms with Gasteiger partial charge in [0.25, 0.3) is 0 Å². The molecule has 0 saturated heterocycles. The molecule has 1 N–H and O–H groups in total. The molecule has 1 aromatic carbocycles. The van der Waals surface area contributed by atoms with Crippen molar-refractivity contribution in [2.24, 2.45) is 0 Å². The van der Waals surface area contributed by atoms with E-state index >= 15 is 0 Å². The lowest BCUT2D eigenvalue weighted by molar-refractivity contribution is 0.439. The van der Waals surface area contributed by atoms with Gasteiger partial charge in [-0.2, -0.15) is 0 Å². The summed E-state index contributed by atoms with van der Waals surface area (Å²) in [5.74, 6) is 0.338. The molecule has 0 amide bonds. The summed E-state index contributed by atoms with van der Waals surface area (Å²) >= 11 is 3.22. The van der Waals surface area contributed by atoms with Crippen molar-refractivity contribution >= 4 is 15.9 Å². The Labute approximate surface area is 125 Å². The third kappa shape index (κ3) is 3.55. The Morgan fingerprint density at radius 1 is 1.30 bits per heavy atom. The fourth-order valence-corrected chi connectivity index (χ4v) is 2.18. The van der Waals surface area contributed by atoms with Crippen LogP contribution < -0.4 is 10.1 Å². The van der Waals surface area contributed by atoms with E-state index in [4.69, 9.17) is 4.74 Å². The van der Waals surface area contributed by atoms with Crippen molar-refractivity contribution in [2.45, 2.75) is 25.4 Å². The fraction of sp³-hybridized carbons (Fsp3) is 0.267. The molecule has 0 atom stereocenters. The molecule has 1 fully saturated rings. The van der Waals surface area contributed by atoms with Crippen LogP contribution in [0.2, 0.25) is 0 Å². The van der Waals surface area contributed by atoms with Gasteiger partial charge < -0.3 is 10.1 Å². The van der Waals surface area contributed by atoms with E-state index in [9.17, 15) is 4.39 Å². The second-order valence-corrected chi connectivity index (χ2v) is 5.78. The number of halogens is 2.